The number of hydrogen-bond donors (Lipinski definition) is 3. The van der Waals surface area contributed by atoms with Gasteiger partial charge >= 0.3 is 5.97 Å². The van der Waals surface area contributed by atoms with Gasteiger partial charge in [-0.25, -0.2) is 0 Å². The number of benzene rings is 1. The molecule has 11 heteroatoms. The quantitative estimate of drug-likeness (QED) is 0.453. The lowest BCUT2D eigenvalue weighted by atomic mass is 9.75. The Morgan fingerprint density at radius 3 is 2.41 bits per heavy atom. The standard InChI is InChI=1S/C17H17ClO6.C6H14N2O2/c1-8-5-9(19)6-12(23-4)17(8)16(20)13-10(21-2)7-11(22-3)14(18)15(13)24-17;7-4-2-1-3-5(8)6(9)10/h6-8H,5H2,1-4H3;5H,1-4,7-8H2,(H,9,10)/t8-,17+;/m1./s1. The van der Waals surface area contributed by atoms with Gasteiger partial charge in [-0.2, -0.15) is 0 Å². The number of Topliss-reactive ketones (excluding diaryl/α,β-unsaturated/α-hetero) is 1. The number of allylic oxidation sites excluding steroid dienone is 1. The highest BCUT2D eigenvalue weighted by Gasteiger charge is 2.59. The summed E-state index contributed by atoms with van der Waals surface area (Å²) in [4.78, 5) is 35.3. The Balaban J connectivity index is 0.000000347. The Hall–Kier alpha value is -2.82. The molecule has 1 spiro atoms. The Kier molecular flexibility index (Phi) is 9.31. The largest absolute Gasteiger partial charge is 0.496 e. The van der Waals surface area contributed by atoms with Gasteiger partial charge in [-0.1, -0.05) is 24.9 Å². The number of ether oxygens (including phenoxy) is 4. The molecule has 5 N–H and O–H groups in total. The summed E-state index contributed by atoms with van der Waals surface area (Å²) in [7, 11) is 4.31. The number of fused-ring (bicyclic) bond motifs is 1. The van der Waals surface area contributed by atoms with Crippen LogP contribution < -0.4 is 25.7 Å². The monoisotopic (exact) mass is 498 g/mol. The first-order valence-electron chi connectivity index (χ1n) is 10.7. The third kappa shape index (κ3) is 5.13. The molecule has 0 saturated carbocycles. The fourth-order valence-electron chi connectivity index (χ4n) is 3.93. The average Bonchev–Trinajstić information content (AvgIpc) is 3.12. The van der Waals surface area contributed by atoms with Crippen LogP contribution in [0.5, 0.6) is 17.2 Å². The zero-order chi connectivity index (χ0) is 25.6. The molecule has 0 radical (unpaired) electrons. The summed E-state index contributed by atoms with van der Waals surface area (Å²) in [5.74, 6) is -0.826. The van der Waals surface area contributed by atoms with Gasteiger partial charge in [0.05, 0.1) is 21.3 Å². The van der Waals surface area contributed by atoms with Crippen LogP contribution in [-0.4, -0.2) is 62.2 Å². The molecule has 0 aromatic heterocycles. The summed E-state index contributed by atoms with van der Waals surface area (Å²) in [6.07, 6.45) is 3.64. The van der Waals surface area contributed by atoms with Crippen LogP contribution in [-0.2, 0) is 14.3 Å². The minimum atomic E-state index is -1.42. The molecule has 1 aromatic carbocycles. The van der Waals surface area contributed by atoms with Gasteiger partial charge in [-0.05, 0) is 19.4 Å². The fourth-order valence-corrected chi connectivity index (χ4v) is 4.20. The first-order valence-corrected chi connectivity index (χ1v) is 11.1. The zero-order valence-electron chi connectivity index (χ0n) is 19.7. The van der Waals surface area contributed by atoms with E-state index in [2.05, 4.69) is 0 Å². The predicted octanol–water partition coefficient (Wildman–Crippen LogP) is 2.34. The van der Waals surface area contributed by atoms with E-state index in [4.69, 9.17) is 47.1 Å². The fraction of sp³-hybridized carbons (Fsp3) is 0.522. The molecule has 1 heterocycles. The van der Waals surface area contributed by atoms with Crippen molar-refractivity contribution in [2.24, 2.45) is 17.4 Å². The summed E-state index contributed by atoms with van der Waals surface area (Å²) in [6, 6.07) is 0.822. The molecule has 3 atom stereocenters. The first-order chi connectivity index (χ1) is 16.1. The van der Waals surface area contributed by atoms with Crippen molar-refractivity contribution in [2.75, 3.05) is 27.9 Å². The van der Waals surface area contributed by atoms with E-state index in [0.717, 1.165) is 12.8 Å². The average molecular weight is 499 g/mol. The molecule has 1 unspecified atom stereocenters. The van der Waals surface area contributed by atoms with E-state index < -0.39 is 23.5 Å². The minimum absolute atomic E-state index is 0.118. The van der Waals surface area contributed by atoms with Crippen LogP contribution in [0, 0.1) is 5.92 Å². The van der Waals surface area contributed by atoms with Gasteiger partial charge in [-0.15, -0.1) is 0 Å². The number of nitrogens with two attached hydrogens (primary N) is 2. The van der Waals surface area contributed by atoms with Crippen molar-refractivity contribution in [1.29, 1.82) is 0 Å². The minimum Gasteiger partial charge on any atom is -0.496 e. The van der Waals surface area contributed by atoms with Crippen molar-refractivity contribution >= 4 is 29.1 Å². The number of carbonyl (C=O) groups excluding carboxylic acids is 2. The van der Waals surface area contributed by atoms with Gasteiger partial charge in [0.1, 0.15) is 28.1 Å². The number of carboxylic acids is 1. The van der Waals surface area contributed by atoms with Crippen LogP contribution in [0.25, 0.3) is 0 Å². The number of hydrogen-bond acceptors (Lipinski definition) is 9. The maximum absolute atomic E-state index is 13.3. The molecule has 0 bridgehead atoms. The van der Waals surface area contributed by atoms with Crippen LogP contribution >= 0.6 is 11.6 Å². The van der Waals surface area contributed by atoms with Crippen LogP contribution in [0.4, 0.5) is 0 Å². The number of aliphatic carboxylic acids is 1. The van der Waals surface area contributed by atoms with Gasteiger partial charge in [0.25, 0.3) is 0 Å². The molecule has 0 saturated heterocycles. The van der Waals surface area contributed by atoms with Crippen molar-refractivity contribution < 1.29 is 38.4 Å². The number of halogens is 1. The highest BCUT2D eigenvalue weighted by molar-refractivity contribution is 6.35. The number of rotatable bonds is 8. The number of carboxylic acid groups (broad SMARTS) is 1. The maximum Gasteiger partial charge on any atom is 0.320 e. The highest BCUT2D eigenvalue weighted by atomic mass is 35.5. The summed E-state index contributed by atoms with van der Waals surface area (Å²) < 4.78 is 21.9. The third-order valence-electron chi connectivity index (χ3n) is 5.78. The Morgan fingerprint density at radius 2 is 1.88 bits per heavy atom. The van der Waals surface area contributed by atoms with Crippen LogP contribution in [0.3, 0.4) is 0 Å². The lowest BCUT2D eigenvalue weighted by Gasteiger charge is -2.36. The van der Waals surface area contributed by atoms with Crippen molar-refractivity contribution in [3.05, 3.63) is 28.5 Å². The Bertz CT molecular complexity index is 980. The van der Waals surface area contributed by atoms with E-state index in [9.17, 15) is 14.4 Å². The number of unbranched alkanes of at least 4 members (excludes halogenated alkanes) is 1. The molecule has 1 aromatic rings. The molecule has 188 valence electrons. The number of methoxy groups -OCH3 is 3. The molecule has 1 aliphatic carbocycles. The van der Waals surface area contributed by atoms with Crippen molar-refractivity contribution in [2.45, 2.75) is 44.2 Å². The molecule has 3 rings (SSSR count). The summed E-state index contributed by atoms with van der Waals surface area (Å²) in [5.41, 5.74) is 9.23. The van der Waals surface area contributed by atoms with E-state index in [1.807, 2.05) is 0 Å². The van der Waals surface area contributed by atoms with Gasteiger partial charge in [-0.3, -0.25) is 14.4 Å². The molecular formula is C23H31ClN2O8. The normalized spacial score (nSPS) is 21.6. The van der Waals surface area contributed by atoms with Gasteiger partial charge < -0.3 is 35.5 Å². The summed E-state index contributed by atoms with van der Waals surface area (Å²) >= 11 is 6.33. The molecule has 34 heavy (non-hydrogen) atoms. The van der Waals surface area contributed by atoms with Crippen molar-refractivity contribution in [1.82, 2.24) is 0 Å². The molecule has 10 nitrogen and oxygen atoms in total. The molecule has 0 amide bonds. The van der Waals surface area contributed by atoms with E-state index in [1.165, 1.54) is 33.5 Å². The van der Waals surface area contributed by atoms with E-state index in [1.54, 1.807) is 6.92 Å². The van der Waals surface area contributed by atoms with E-state index >= 15 is 0 Å². The third-order valence-corrected chi connectivity index (χ3v) is 6.14. The Labute approximate surface area is 203 Å². The van der Waals surface area contributed by atoms with Crippen LogP contribution in [0.15, 0.2) is 17.9 Å². The highest BCUT2D eigenvalue weighted by Crippen LogP contribution is 2.54. The number of carbonyl (C=O) groups is 3. The summed E-state index contributed by atoms with van der Waals surface area (Å²) in [6.45, 7) is 2.37. The SMILES string of the molecule is COC1=CC(=O)C[C@@H](C)[C@]12Oc1c(Cl)c(OC)cc(OC)c1C2=O.NCCCCC(N)C(=O)O. The molecular weight excluding hydrogens is 468 g/mol. The predicted molar refractivity (Wildman–Crippen MR) is 125 cm³/mol. The zero-order valence-corrected chi connectivity index (χ0v) is 20.4. The lowest BCUT2D eigenvalue weighted by Crippen LogP contribution is -2.51. The first kappa shape index (κ1) is 27.4. The summed E-state index contributed by atoms with van der Waals surface area (Å²) in [5, 5.41) is 8.50. The smallest absolute Gasteiger partial charge is 0.320 e. The van der Waals surface area contributed by atoms with Crippen molar-refractivity contribution in [3.63, 3.8) is 0 Å². The van der Waals surface area contributed by atoms with E-state index in [0.29, 0.717) is 24.5 Å². The second-order valence-electron chi connectivity index (χ2n) is 7.98. The maximum atomic E-state index is 13.3. The second-order valence-corrected chi connectivity index (χ2v) is 8.36. The Morgan fingerprint density at radius 1 is 1.24 bits per heavy atom. The van der Waals surface area contributed by atoms with Gasteiger partial charge in [0.2, 0.25) is 11.4 Å². The van der Waals surface area contributed by atoms with Crippen LogP contribution in [0.2, 0.25) is 5.02 Å². The molecule has 2 aliphatic rings. The topological polar surface area (TPSA) is 160 Å². The van der Waals surface area contributed by atoms with Crippen LogP contribution in [0.1, 0.15) is 43.0 Å². The van der Waals surface area contributed by atoms with Gasteiger partial charge in [0.15, 0.2) is 17.3 Å². The van der Waals surface area contributed by atoms with E-state index in [-0.39, 0.29) is 40.1 Å². The second kappa shape index (κ2) is 11.5. The number of ketones is 2. The molecule has 0 fully saturated rings. The molecule has 1 aliphatic heterocycles. The van der Waals surface area contributed by atoms with Crippen molar-refractivity contribution in [3.8, 4) is 17.2 Å². The van der Waals surface area contributed by atoms with Gasteiger partial charge in [0, 0.05) is 24.5 Å². The lowest BCUT2D eigenvalue weighted by molar-refractivity contribution is -0.138.